The van der Waals surface area contributed by atoms with Gasteiger partial charge in [-0.15, -0.1) is 0 Å². The van der Waals surface area contributed by atoms with Crippen LogP contribution in [0.4, 0.5) is 5.82 Å². The first-order chi connectivity index (χ1) is 32.6. The van der Waals surface area contributed by atoms with E-state index in [-0.39, 0.29) is 68.4 Å². The van der Waals surface area contributed by atoms with Crippen molar-refractivity contribution in [1.82, 2.24) is 14.5 Å². The third-order valence-corrected chi connectivity index (χ3v) is 12.7. The van der Waals surface area contributed by atoms with E-state index < -0.39 is 47.9 Å². The average Bonchev–Trinajstić information content (AvgIpc) is 3.33. The summed E-state index contributed by atoms with van der Waals surface area (Å²) in [6, 6.07) is 20.5. The van der Waals surface area contributed by atoms with Crippen molar-refractivity contribution in [3.05, 3.63) is 125 Å². The van der Waals surface area contributed by atoms with Crippen LogP contribution < -0.4 is 21.2 Å². The molecule has 1 amide bonds. The summed E-state index contributed by atoms with van der Waals surface area (Å²) in [5.41, 5.74) is 5.85. The van der Waals surface area contributed by atoms with Gasteiger partial charge in [0.2, 0.25) is 5.91 Å². The Morgan fingerprint density at radius 1 is 1.04 bits per heavy atom. The van der Waals surface area contributed by atoms with Crippen molar-refractivity contribution < 1.29 is 45.9 Å². The highest BCUT2D eigenvalue weighted by molar-refractivity contribution is 7.91. The second-order valence-corrected chi connectivity index (χ2v) is 18.8. The third kappa shape index (κ3) is 20.3. The highest BCUT2D eigenvalue weighted by Gasteiger charge is 2.36. The summed E-state index contributed by atoms with van der Waals surface area (Å²) in [6.45, 7) is 15.4. The molecule has 4 rings (SSSR count). The zero-order valence-electron chi connectivity index (χ0n) is 40.5. The van der Waals surface area contributed by atoms with Crippen LogP contribution in [0.5, 0.6) is 5.75 Å². The first-order valence-electron chi connectivity index (χ1n) is 22.3. The van der Waals surface area contributed by atoms with Gasteiger partial charge in [-0.25, -0.2) is 13.2 Å². The number of anilines is 1. The first-order valence-corrected chi connectivity index (χ1v) is 25.8. The summed E-state index contributed by atoms with van der Waals surface area (Å²) in [4.78, 5) is 31.1. The first kappa shape index (κ1) is 59.1. The number of nitrogens with zero attached hydrogens (tertiary/aromatic N) is 4. The minimum Gasteiger partial charge on any atom is -0.497 e. The molecule has 0 bridgehead atoms. The molecule has 0 radical (unpaired) electrons. The SMILES string of the molecule is C=C/C=C(\C=C/CC(OCCOC([C@H](COP(N)OCCC#N)OC(=S)N1CCS(=O)(=O)CC1)n1ccc(NC(C)=O)nc1=O)(c1ccccc1)c1ccc(OC)cc1)OC.CC.CCC(C)C. The quantitative estimate of drug-likeness (QED) is 0.0286. The summed E-state index contributed by atoms with van der Waals surface area (Å²) in [7, 11) is -2.13. The van der Waals surface area contributed by atoms with Gasteiger partial charge in [-0.05, 0) is 59.6 Å². The molecule has 0 aliphatic carbocycles. The number of hydrogen-bond donors (Lipinski definition) is 2. The Hall–Kier alpha value is -5.03. The van der Waals surface area contributed by atoms with Gasteiger partial charge in [0.25, 0.3) is 13.7 Å². The smallest absolute Gasteiger partial charge is 0.351 e. The van der Waals surface area contributed by atoms with Crippen molar-refractivity contribution in [2.75, 3.05) is 70.6 Å². The Bertz CT molecular complexity index is 2240. The van der Waals surface area contributed by atoms with Crippen molar-refractivity contribution in [2.24, 2.45) is 11.4 Å². The highest BCUT2D eigenvalue weighted by atomic mass is 32.2. The fourth-order valence-electron chi connectivity index (χ4n) is 6.09. The van der Waals surface area contributed by atoms with Crippen LogP contribution in [0.15, 0.2) is 108 Å². The fraction of sp³-hybridized carbons (Fsp3) is 0.479. The van der Waals surface area contributed by atoms with E-state index in [2.05, 4.69) is 37.7 Å². The molecule has 1 aliphatic rings. The number of carbonyl (C=O) groups is 1. The predicted octanol–water partition coefficient (Wildman–Crippen LogP) is 7.96. The van der Waals surface area contributed by atoms with E-state index in [4.69, 9.17) is 55.7 Å². The van der Waals surface area contributed by atoms with Crippen LogP contribution in [-0.2, 0) is 48.2 Å². The Labute approximate surface area is 409 Å². The van der Waals surface area contributed by atoms with E-state index in [1.54, 1.807) is 31.3 Å². The van der Waals surface area contributed by atoms with Crippen LogP contribution in [0.3, 0.4) is 0 Å². The van der Waals surface area contributed by atoms with Crippen molar-refractivity contribution in [1.29, 1.82) is 5.26 Å². The summed E-state index contributed by atoms with van der Waals surface area (Å²) in [5, 5.41) is 11.4. The lowest BCUT2D eigenvalue weighted by molar-refractivity contribution is -0.120. The summed E-state index contributed by atoms with van der Waals surface area (Å²) >= 11 is 5.65. The number of thiocarbonyl (C=S) groups is 1. The molecular formula is C48H69N6O11PS2. The van der Waals surface area contributed by atoms with Gasteiger partial charge in [0.1, 0.15) is 22.9 Å². The predicted molar refractivity (Wildman–Crippen MR) is 270 cm³/mol. The van der Waals surface area contributed by atoms with Gasteiger partial charge in [-0.3, -0.25) is 14.9 Å². The molecule has 0 spiro atoms. The monoisotopic (exact) mass is 1000 g/mol. The molecule has 3 unspecified atom stereocenters. The molecule has 4 atom stereocenters. The zero-order chi connectivity index (χ0) is 50.5. The molecule has 3 N–H and O–H groups in total. The molecule has 20 heteroatoms. The van der Waals surface area contributed by atoms with Gasteiger partial charge in [0, 0.05) is 32.6 Å². The lowest BCUT2D eigenvalue weighted by Gasteiger charge is -2.36. The van der Waals surface area contributed by atoms with Gasteiger partial charge < -0.3 is 42.9 Å². The van der Waals surface area contributed by atoms with E-state index in [0.29, 0.717) is 17.9 Å². The summed E-state index contributed by atoms with van der Waals surface area (Å²) in [5.74, 6) is 1.42. The standard InChI is InChI=1S/C41H51N6O11PS2.C5H12.C2H6/c1-5-11-34(52-3)14-9-20-41(32-12-7-6-8-13-32,33-15-17-35(53-4)18-16-33)55-27-26-54-38(47-22-19-37(44-31(2)48)45-39(47)49)36(30-57-59(43)56-25-10-21-42)58-40(60)46-23-28-61(50,51)29-24-46;1-4-5(2)3;1-2/h5-9,11-19,22,36,38H,1,10,20,23-30,43H2,2-4H3,(H,44,45,48,49);5H,4H2,1-3H3;1-2H3/b14-9-,34-11+;;/t36-,38?,41?,59?;;/m0../s1. The molecule has 2 aromatic carbocycles. The van der Waals surface area contributed by atoms with Crippen molar-refractivity contribution >= 4 is 47.5 Å². The molecule has 17 nitrogen and oxygen atoms in total. The van der Waals surface area contributed by atoms with Gasteiger partial charge in [0.15, 0.2) is 22.2 Å². The Kier molecular flexibility index (Phi) is 27.7. The highest BCUT2D eigenvalue weighted by Crippen LogP contribution is 2.39. The van der Waals surface area contributed by atoms with E-state index in [1.807, 2.05) is 86.7 Å². The number of methoxy groups -OCH3 is 2. The average molecular weight is 1000 g/mol. The minimum atomic E-state index is -3.25. The molecule has 1 saturated heterocycles. The van der Waals surface area contributed by atoms with E-state index in [1.165, 1.54) is 25.6 Å². The van der Waals surface area contributed by atoms with Crippen LogP contribution in [0.25, 0.3) is 0 Å². The van der Waals surface area contributed by atoms with Crippen LogP contribution in [-0.4, -0.2) is 105 Å². The topological polar surface area (TPSA) is 216 Å². The lowest BCUT2D eigenvalue weighted by Crippen LogP contribution is -2.47. The maximum Gasteiger partial charge on any atom is 0.351 e. The van der Waals surface area contributed by atoms with Crippen LogP contribution in [0.2, 0.25) is 0 Å². The lowest BCUT2D eigenvalue weighted by atomic mass is 9.83. The molecule has 1 fully saturated rings. The van der Waals surface area contributed by atoms with Crippen LogP contribution >= 0.6 is 20.7 Å². The maximum absolute atomic E-state index is 13.7. The van der Waals surface area contributed by atoms with Gasteiger partial charge in [0.05, 0.1) is 64.6 Å². The molecule has 1 aromatic heterocycles. The van der Waals surface area contributed by atoms with Crippen molar-refractivity contribution in [2.45, 2.75) is 78.7 Å². The molecule has 374 valence electrons. The van der Waals surface area contributed by atoms with Crippen LogP contribution in [0.1, 0.15) is 78.2 Å². The number of hydrogen-bond acceptors (Lipinski definition) is 15. The molecule has 2 heterocycles. The number of nitriles is 1. The number of allylic oxidation sites excluding steroid dienone is 3. The molecule has 1 aliphatic heterocycles. The Morgan fingerprint density at radius 3 is 2.25 bits per heavy atom. The second kappa shape index (κ2) is 31.9. The van der Waals surface area contributed by atoms with Gasteiger partial charge >= 0.3 is 5.69 Å². The van der Waals surface area contributed by atoms with Gasteiger partial charge in [-0.2, -0.15) is 10.2 Å². The Morgan fingerprint density at radius 2 is 1.69 bits per heavy atom. The Balaban J connectivity index is 0.00000212. The maximum atomic E-state index is 13.7. The van der Waals surface area contributed by atoms with Crippen molar-refractivity contribution in [3.8, 4) is 11.8 Å². The number of ether oxygens (including phenoxy) is 5. The summed E-state index contributed by atoms with van der Waals surface area (Å²) < 4.78 is 67.4. The van der Waals surface area contributed by atoms with E-state index in [0.717, 1.165) is 21.6 Å². The molecular weight excluding hydrogens is 932 g/mol. The number of amides is 1. The normalized spacial score (nSPS) is 15.5. The third-order valence-electron chi connectivity index (χ3n) is 9.92. The largest absolute Gasteiger partial charge is 0.497 e. The summed E-state index contributed by atoms with van der Waals surface area (Å²) in [6.07, 6.45) is 7.67. The van der Waals surface area contributed by atoms with Crippen LogP contribution in [0, 0.1) is 17.2 Å². The molecule has 68 heavy (non-hydrogen) atoms. The van der Waals surface area contributed by atoms with E-state index >= 15 is 0 Å². The molecule has 0 saturated carbocycles. The number of nitrogens with two attached hydrogens (primary N) is 1. The minimum absolute atomic E-state index is 0.00530. The van der Waals surface area contributed by atoms with Crippen molar-refractivity contribution in [3.63, 3.8) is 0 Å². The number of benzene rings is 2. The fourth-order valence-corrected chi connectivity index (χ4v) is 8.24. The number of rotatable bonds is 24. The number of sulfone groups is 1. The molecule has 3 aromatic rings. The zero-order valence-corrected chi connectivity index (χ0v) is 43.0. The number of nitrogens with one attached hydrogen (secondary N) is 1. The number of carbonyl (C=O) groups excluding carboxylic acids is 1. The second-order valence-electron chi connectivity index (χ2n) is 15.0. The number of aromatic nitrogens is 2. The van der Waals surface area contributed by atoms with Gasteiger partial charge in [-0.1, -0.05) is 102 Å². The van der Waals surface area contributed by atoms with E-state index in [9.17, 15) is 18.0 Å².